The van der Waals surface area contributed by atoms with Gasteiger partial charge in [0, 0.05) is 0 Å². The molecule has 0 aliphatic rings. The summed E-state index contributed by atoms with van der Waals surface area (Å²) in [6.45, 7) is 0. The molecule has 1 nitrogen and oxygen atoms in total. The first kappa shape index (κ1) is 15.4. The first-order valence-electron chi connectivity index (χ1n) is 4.35. The van der Waals surface area contributed by atoms with Crippen molar-refractivity contribution in [2.75, 3.05) is 0 Å². The molecule has 1 aromatic rings. The number of rotatable bonds is 1. The van der Waals surface area contributed by atoms with E-state index in [1.165, 1.54) is 0 Å². The molecule has 108 valence electrons. The highest BCUT2D eigenvalue weighted by molar-refractivity contribution is 5.40. The Morgan fingerprint density at radius 3 is 1.63 bits per heavy atom. The van der Waals surface area contributed by atoms with E-state index in [-0.39, 0.29) is 12.1 Å². The van der Waals surface area contributed by atoms with E-state index in [9.17, 15) is 39.5 Å². The van der Waals surface area contributed by atoms with Crippen molar-refractivity contribution in [1.29, 1.82) is 0 Å². The van der Waals surface area contributed by atoms with Gasteiger partial charge in [0.1, 0.15) is 5.75 Å². The molecule has 19 heavy (non-hydrogen) atoms. The van der Waals surface area contributed by atoms with Crippen molar-refractivity contribution in [3.8, 4) is 5.75 Å². The molecule has 0 radical (unpaired) electrons. The molecular formula is C9H3F9O. The Hall–Kier alpha value is -1.61. The molecule has 0 N–H and O–H groups in total. The molecule has 1 aromatic carbocycles. The molecule has 0 saturated heterocycles. The molecule has 0 amide bonds. The van der Waals surface area contributed by atoms with E-state index in [4.69, 9.17) is 0 Å². The first-order valence-corrected chi connectivity index (χ1v) is 4.35. The molecule has 0 heterocycles. The minimum atomic E-state index is -5.44. The molecule has 10 heteroatoms. The van der Waals surface area contributed by atoms with Crippen molar-refractivity contribution in [3.63, 3.8) is 0 Å². The second kappa shape index (κ2) is 4.49. The highest BCUT2D eigenvalue weighted by Crippen LogP contribution is 2.41. The van der Waals surface area contributed by atoms with Crippen molar-refractivity contribution >= 4 is 0 Å². The fourth-order valence-electron chi connectivity index (χ4n) is 1.14. The van der Waals surface area contributed by atoms with Crippen LogP contribution >= 0.6 is 0 Å². The normalized spacial score (nSPS) is 13.5. The van der Waals surface area contributed by atoms with Gasteiger partial charge in [-0.2, -0.15) is 26.3 Å². The van der Waals surface area contributed by atoms with Crippen LogP contribution in [0.1, 0.15) is 11.1 Å². The summed E-state index contributed by atoms with van der Waals surface area (Å²) in [6, 6.07) is -0.406. The Kier molecular flexibility index (Phi) is 3.65. The monoisotopic (exact) mass is 298 g/mol. The predicted octanol–water partition coefficient (Wildman–Crippen LogP) is 4.62. The van der Waals surface area contributed by atoms with Crippen LogP contribution in [0.3, 0.4) is 0 Å². The van der Waals surface area contributed by atoms with Crippen LogP contribution in [0.4, 0.5) is 39.5 Å². The van der Waals surface area contributed by atoms with Crippen molar-refractivity contribution in [1.82, 2.24) is 0 Å². The largest absolute Gasteiger partial charge is 0.573 e. The maximum atomic E-state index is 12.4. The zero-order valence-corrected chi connectivity index (χ0v) is 8.54. The molecular weight excluding hydrogens is 295 g/mol. The number of alkyl halides is 9. The van der Waals surface area contributed by atoms with E-state index in [1.54, 1.807) is 0 Å². The zero-order valence-electron chi connectivity index (χ0n) is 8.54. The summed E-state index contributed by atoms with van der Waals surface area (Å²) < 4.78 is 112. The van der Waals surface area contributed by atoms with Crippen LogP contribution in [0.15, 0.2) is 18.2 Å². The summed E-state index contributed by atoms with van der Waals surface area (Å²) in [6.07, 6.45) is -16.0. The van der Waals surface area contributed by atoms with Crippen LogP contribution < -0.4 is 4.74 Å². The van der Waals surface area contributed by atoms with E-state index >= 15 is 0 Å². The molecule has 0 saturated carbocycles. The second-order valence-corrected chi connectivity index (χ2v) is 3.25. The lowest BCUT2D eigenvalue weighted by molar-refractivity contribution is -0.276. The van der Waals surface area contributed by atoms with Gasteiger partial charge in [0.15, 0.2) is 0 Å². The van der Waals surface area contributed by atoms with Crippen LogP contribution in [0.2, 0.25) is 0 Å². The van der Waals surface area contributed by atoms with Gasteiger partial charge >= 0.3 is 18.7 Å². The number of halogens is 9. The Morgan fingerprint density at radius 2 is 1.26 bits per heavy atom. The summed E-state index contributed by atoms with van der Waals surface area (Å²) in [5.41, 5.74) is -3.88. The minimum Gasteiger partial charge on any atom is -0.405 e. The summed E-state index contributed by atoms with van der Waals surface area (Å²) >= 11 is 0. The Morgan fingerprint density at radius 1 is 0.737 bits per heavy atom. The lowest BCUT2D eigenvalue weighted by atomic mass is 10.1. The Bertz CT molecular complexity index is 454. The molecule has 0 aliphatic carbocycles. The van der Waals surface area contributed by atoms with Gasteiger partial charge in [0.2, 0.25) is 0 Å². The smallest absolute Gasteiger partial charge is 0.405 e. The second-order valence-electron chi connectivity index (χ2n) is 3.25. The highest BCUT2D eigenvalue weighted by Gasteiger charge is 2.41. The average molecular weight is 298 g/mol. The summed E-state index contributed by atoms with van der Waals surface area (Å²) in [4.78, 5) is 0. The van der Waals surface area contributed by atoms with Gasteiger partial charge in [0.05, 0.1) is 11.1 Å². The van der Waals surface area contributed by atoms with Gasteiger partial charge < -0.3 is 4.74 Å². The fraction of sp³-hybridized carbons (Fsp3) is 0.333. The third-order valence-corrected chi connectivity index (χ3v) is 1.84. The molecule has 0 aromatic heterocycles. The lowest BCUT2D eigenvalue weighted by Gasteiger charge is -2.17. The van der Waals surface area contributed by atoms with Crippen molar-refractivity contribution < 1.29 is 44.3 Å². The van der Waals surface area contributed by atoms with Crippen LogP contribution in [-0.2, 0) is 12.4 Å². The Balaban J connectivity index is 3.34. The van der Waals surface area contributed by atoms with Gasteiger partial charge in [-0.1, -0.05) is 0 Å². The van der Waals surface area contributed by atoms with Crippen LogP contribution in [0, 0.1) is 0 Å². The fourth-order valence-corrected chi connectivity index (χ4v) is 1.14. The van der Waals surface area contributed by atoms with Crippen LogP contribution in [-0.4, -0.2) is 6.36 Å². The Labute approximate surface area is 99.1 Å². The zero-order chi connectivity index (χ0) is 15.1. The van der Waals surface area contributed by atoms with Gasteiger partial charge in [-0.3, -0.25) is 0 Å². The first-order chi connectivity index (χ1) is 8.31. The predicted molar refractivity (Wildman–Crippen MR) is 43.1 cm³/mol. The highest BCUT2D eigenvalue weighted by atomic mass is 19.4. The number of hydrogen-bond acceptors (Lipinski definition) is 1. The van der Waals surface area contributed by atoms with Crippen molar-refractivity contribution in [2.24, 2.45) is 0 Å². The van der Waals surface area contributed by atoms with E-state index in [1.807, 2.05) is 0 Å². The molecule has 0 bridgehead atoms. The summed E-state index contributed by atoms with van der Waals surface area (Å²) in [7, 11) is 0. The molecule has 0 spiro atoms. The molecule has 0 fully saturated rings. The van der Waals surface area contributed by atoms with E-state index in [2.05, 4.69) is 4.74 Å². The SMILES string of the molecule is FC(F)(F)Oc1ccc(C(F)(F)F)cc1C(F)(F)F. The molecule has 0 aliphatic heterocycles. The third-order valence-electron chi connectivity index (χ3n) is 1.84. The average Bonchev–Trinajstić information content (AvgIpc) is 2.11. The quantitative estimate of drug-likeness (QED) is 0.687. The van der Waals surface area contributed by atoms with Crippen LogP contribution in [0.5, 0.6) is 5.75 Å². The maximum Gasteiger partial charge on any atom is 0.573 e. The minimum absolute atomic E-state index is 0.0286. The van der Waals surface area contributed by atoms with Gasteiger partial charge in [-0.25, -0.2) is 0 Å². The van der Waals surface area contributed by atoms with Gasteiger partial charge in [0.25, 0.3) is 0 Å². The van der Waals surface area contributed by atoms with Crippen LogP contribution in [0.25, 0.3) is 0 Å². The number of hydrogen-bond donors (Lipinski definition) is 0. The van der Waals surface area contributed by atoms with Crippen molar-refractivity contribution in [2.45, 2.75) is 18.7 Å². The molecule has 1 rings (SSSR count). The van der Waals surface area contributed by atoms with Gasteiger partial charge in [-0.15, -0.1) is 13.2 Å². The van der Waals surface area contributed by atoms with E-state index < -0.39 is 41.7 Å². The standard InChI is InChI=1S/C9H3F9O/c10-7(11,12)4-1-2-6(19-9(16,17)18)5(3-4)8(13,14)15/h1-3H. The molecule has 0 unspecified atom stereocenters. The number of ether oxygens (including phenoxy) is 1. The maximum absolute atomic E-state index is 12.4. The molecule has 0 atom stereocenters. The third kappa shape index (κ3) is 4.21. The lowest BCUT2D eigenvalue weighted by Crippen LogP contribution is -2.20. The van der Waals surface area contributed by atoms with E-state index in [0.29, 0.717) is 0 Å². The van der Waals surface area contributed by atoms with Gasteiger partial charge in [-0.05, 0) is 18.2 Å². The van der Waals surface area contributed by atoms with Crippen molar-refractivity contribution in [3.05, 3.63) is 29.3 Å². The summed E-state index contributed by atoms with van der Waals surface area (Å²) in [5.74, 6) is -1.74. The van der Waals surface area contributed by atoms with E-state index in [0.717, 1.165) is 0 Å². The topological polar surface area (TPSA) is 9.23 Å². The summed E-state index contributed by atoms with van der Waals surface area (Å²) in [5, 5.41) is 0. The number of benzene rings is 1.